The Morgan fingerprint density at radius 2 is 2.18 bits per heavy atom. The predicted octanol–water partition coefficient (Wildman–Crippen LogP) is 1.13. The molecule has 0 fully saturated rings. The number of aromatic hydroxyl groups is 1. The summed E-state index contributed by atoms with van der Waals surface area (Å²) < 4.78 is 1.77. The fourth-order valence-corrected chi connectivity index (χ4v) is 0.808. The van der Waals surface area contributed by atoms with Gasteiger partial charge < -0.3 is 9.67 Å². The van der Waals surface area contributed by atoms with Crippen molar-refractivity contribution in [1.29, 1.82) is 0 Å². The van der Waals surface area contributed by atoms with Gasteiger partial charge in [-0.1, -0.05) is 0 Å². The topological polar surface area (TPSA) is 42.2 Å². The fourth-order valence-electron chi connectivity index (χ4n) is 0.808. The molecule has 11 heavy (non-hydrogen) atoms. The molecular formula is C8H11NO2. The van der Waals surface area contributed by atoms with Crippen molar-refractivity contribution >= 4 is 0 Å². The Bertz CT molecular complexity index is 301. The molecule has 1 rings (SSSR count). The van der Waals surface area contributed by atoms with Crippen molar-refractivity contribution in [3.05, 3.63) is 28.7 Å². The lowest BCUT2D eigenvalue weighted by Gasteiger charge is -2.09. The molecule has 0 saturated carbocycles. The normalized spacial score (nSPS) is 10.5. The lowest BCUT2D eigenvalue weighted by Crippen LogP contribution is -2.06. The largest absolute Gasteiger partial charge is 0.503 e. The van der Waals surface area contributed by atoms with Crippen molar-refractivity contribution < 1.29 is 5.11 Å². The molecule has 1 aromatic heterocycles. The van der Waals surface area contributed by atoms with Crippen LogP contribution in [-0.2, 0) is 0 Å². The van der Waals surface area contributed by atoms with E-state index in [0.29, 0.717) is 0 Å². The van der Waals surface area contributed by atoms with Crippen molar-refractivity contribution in [3.8, 4) is 5.75 Å². The van der Waals surface area contributed by atoms with Crippen molar-refractivity contribution in [1.82, 2.24) is 4.57 Å². The van der Waals surface area contributed by atoms with Crippen molar-refractivity contribution in [2.75, 3.05) is 0 Å². The number of aromatic nitrogens is 1. The molecule has 0 aliphatic heterocycles. The summed E-state index contributed by atoms with van der Waals surface area (Å²) >= 11 is 0. The second-order valence-electron chi connectivity index (χ2n) is 2.74. The van der Waals surface area contributed by atoms with Crippen LogP contribution in [0.4, 0.5) is 0 Å². The molecule has 1 N–H and O–H groups in total. The molecule has 0 aliphatic rings. The van der Waals surface area contributed by atoms with E-state index >= 15 is 0 Å². The highest BCUT2D eigenvalue weighted by Gasteiger charge is 1.98. The van der Waals surface area contributed by atoms with Gasteiger partial charge in [-0.3, -0.25) is 4.79 Å². The van der Waals surface area contributed by atoms with E-state index in [1.165, 1.54) is 12.3 Å². The zero-order chi connectivity index (χ0) is 8.43. The molecule has 0 amide bonds. The first-order chi connectivity index (χ1) is 5.11. The van der Waals surface area contributed by atoms with Gasteiger partial charge in [-0.05, 0) is 13.8 Å². The summed E-state index contributed by atoms with van der Waals surface area (Å²) in [4.78, 5) is 10.7. The SMILES string of the molecule is CC(C)n1ccc(=O)c(O)c1. The molecule has 3 nitrogen and oxygen atoms in total. The Morgan fingerprint density at radius 1 is 1.55 bits per heavy atom. The molecule has 0 saturated heterocycles. The van der Waals surface area contributed by atoms with E-state index in [9.17, 15) is 4.79 Å². The minimum atomic E-state index is -0.332. The van der Waals surface area contributed by atoms with Crippen molar-refractivity contribution in [2.45, 2.75) is 19.9 Å². The Morgan fingerprint density at radius 3 is 2.64 bits per heavy atom. The lowest BCUT2D eigenvalue weighted by molar-refractivity contribution is 0.455. The Hall–Kier alpha value is -1.25. The molecule has 1 heterocycles. The first-order valence-corrected chi connectivity index (χ1v) is 3.52. The zero-order valence-electron chi connectivity index (χ0n) is 6.61. The van der Waals surface area contributed by atoms with Gasteiger partial charge in [0.15, 0.2) is 5.75 Å². The fraction of sp³-hybridized carbons (Fsp3) is 0.375. The van der Waals surface area contributed by atoms with E-state index in [0.717, 1.165) is 0 Å². The minimum Gasteiger partial charge on any atom is -0.503 e. The highest BCUT2D eigenvalue weighted by atomic mass is 16.3. The summed E-state index contributed by atoms with van der Waals surface area (Å²) in [6, 6.07) is 1.62. The van der Waals surface area contributed by atoms with Gasteiger partial charge in [-0.25, -0.2) is 0 Å². The van der Waals surface area contributed by atoms with Crippen molar-refractivity contribution in [2.24, 2.45) is 0 Å². The van der Waals surface area contributed by atoms with Crippen LogP contribution in [0, 0.1) is 0 Å². The van der Waals surface area contributed by atoms with Gasteiger partial charge in [0.25, 0.3) is 0 Å². The van der Waals surface area contributed by atoms with E-state index in [1.807, 2.05) is 13.8 Å². The van der Waals surface area contributed by atoms with Crippen LogP contribution in [0.15, 0.2) is 23.3 Å². The summed E-state index contributed by atoms with van der Waals surface area (Å²) in [6.45, 7) is 3.95. The molecule has 0 aromatic carbocycles. The maximum atomic E-state index is 10.7. The van der Waals surface area contributed by atoms with Crippen LogP contribution in [-0.4, -0.2) is 9.67 Å². The quantitative estimate of drug-likeness (QED) is 0.657. The van der Waals surface area contributed by atoms with Crippen LogP contribution in [0.5, 0.6) is 5.75 Å². The molecule has 0 aliphatic carbocycles. The molecular weight excluding hydrogens is 142 g/mol. The van der Waals surface area contributed by atoms with E-state index < -0.39 is 0 Å². The molecule has 1 aromatic rings. The average Bonchev–Trinajstić information content (AvgIpc) is 1.94. The molecule has 0 atom stereocenters. The highest BCUT2D eigenvalue weighted by Crippen LogP contribution is 2.05. The average molecular weight is 153 g/mol. The van der Waals surface area contributed by atoms with Gasteiger partial charge in [0.2, 0.25) is 5.43 Å². The predicted molar refractivity (Wildman–Crippen MR) is 42.8 cm³/mol. The number of nitrogens with zero attached hydrogens (tertiary/aromatic N) is 1. The minimum absolute atomic E-state index is 0.193. The van der Waals surface area contributed by atoms with E-state index in [2.05, 4.69) is 0 Å². The first kappa shape index (κ1) is 7.85. The number of hydrogen-bond donors (Lipinski definition) is 1. The van der Waals surface area contributed by atoms with Crippen LogP contribution in [0.2, 0.25) is 0 Å². The Labute approximate surface area is 64.9 Å². The Kier molecular flexibility index (Phi) is 1.98. The van der Waals surface area contributed by atoms with Gasteiger partial charge in [0.1, 0.15) is 0 Å². The Balaban J connectivity index is 3.15. The molecule has 0 radical (unpaired) electrons. The molecule has 0 unspecified atom stereocenters. The number of pyridine rings is 1. The second-order valence-corrected chi connectivity index (χ2v) is 2.74. The molecule has 3 heteroatoms. The summed E-state index contributed by atoms with van der Waals surface area (Å²) in [5.41, 5.74) is -0.332. The van der Waals surface area contributed by atoms with Crippen LogP contribution in [0.1, 0.15) is 19.9 Å². The van der Waals surface area contributed by atoms with E-state index in [1.54, 1.807) is 10.8 Å². The third-order valence-corrected chi connectivity index (χ3v) is 1.52. The van der Waals surface area contributed by atoms with Gasteiger partial charge in [-0.2, -0.15) is 0 Å². The molecule has 0 bridgehead atoms. The van der Waals surface area contributed by atoms with Crippen LogP contribution < -0.4 is 5.43 Å². The van der Waals surface area contributed by atoms with Crippen LogP contribution >= 0.6 is 0 Å². The lowest BCUT2D eigenvalue weighted by atomic mass is 10.3. The smallest absolute Gasteiger partial charge is 0.223 e. The zero-order valence-corrected chi connectivity index (χ0v) is 6.61. The van der Waals surface area contributed by atoms with Gasteiger partial charge in [0.05, 0.1) is 6.20 Å². The highest BCUT2D eigenvalue weighted by molar-refractivity contribution is 5.15. The van der Waals surface area contributed by atoms with E-state index in [4.69, 9.17) is 5.11 Å². The number of hydrogen-bond acceptors (Lipinski definition) is 2. The number of rotatable bonds is 1. The summed E-state index contributed by atoms with van der Waals surface area (Å²) in [5.74, 6) is -0.193. The van der Waals surface area contributed by atoms with Gasteiger partial charge >= 0.3 is 0 Å². The maximum Gasteiger partial charge on any atom is 0.223 e. The maximum absolute atomic E-state index is 10.7. The monoisotopic (exact) mass is 153 g/mol. The van der Waals surface area contributed by atoms with Crippen LogP contribution in [0.25, 0.3) is 0 Å². The van der Waals surface area contributed by atoms with Crippen molar-refractivity contribution in [3.63, 3.8) is 0 Å². The second kappa shape index (κ2) is 2.78. The summed E-state index contributed by atoms with van der Waals surface area (Å²) in [7, 11) is 0. The first-order valence-electron chi connectivity index (χ1n) is 3.52. The van der Waals surface area contributed by atoms with Crippen LogP contribution in [0.3, 0.4) is 0 Å². The molecule has 60 valence electrons. The third kappa shape index (κ3) is 1.61. The third-order valence-electron chi connectivity index (χ3n) is 1.52. The summed E-state index contributed by atoms with van der Waals surface area (Å²) in [6.07, 6.45) is 3.10. The van der Waals surface area contributed by atoms with E-state index in [-0.39, 0.29) is 17.2 Å². The molecule has 0 spiro atoms. The van der Waals surface area contributed by atoms with Gasteiger partial charge in [-0.15, -0.1) is 0 Å². The standard InChI is InChI=1S/C8H11NO2/c1-6(2)9-4-3-7(10)8(11)5-9/h3-6,11H,1-2H3. The summed E-state index contributed by atoms with van der Waals surface area (Å²) in [5, 5.41) is 9.02. The van der Waals surface area contributed by atoms with Gasteiger partial charge in [0, 0.05) is 18.3 Å².